The third-order valence-electron chi connectivity index (χ3n) is 3.77. The standard InChI is InChI=1S/C18H12BrClN2O4S/c1-26-14-8-9(7-13(20)15(14)23)6-12-16(24)21-18(27)22(17(12)25)11-4-2-10(19)3-5-11/h2-8,23H,1H3,(H,21,24,27). The molecular weight excluding hydrogens is 456 g/mol. The average molecular weight is 468 g/mol. The summed E-state index contributed by atoms with van der Waals surface area (Å²) in [5.41, 5.74) is 0.799. The number of thiocarbonyl (C=S) groups is 1. The molecular formula is C18H12BrClN2O4S. The summed E-state index contributed by atoms with van der Waals surface area (Å²) in [4.78, 5) is 26.5. The molecule has 9 heteroatoms. The normalized spacial score (nSPS) is 15.9. The molecule has 1 aliphatic rings. The number of nitrogens with zero attached hydrogens (tertiary/aromatic N) is 1. The largest absolute Gasteiger partial charge is 0.503 e. The van der Waals surface area contributed by atoms with E-state index in [0.717, 1.165) is 4.47 Å². The summed E-state index contributed by atoms with van der Waals surface area (Å²) in [6, 6.07) is 9.80. The number of carbonyl (C=O) groups is 2. The van der Waals surface area contributed by atoms with Gasteiger partial charge in [0.1, 0.15) is 5.57 Å². The predicted octanol–water partition coefficient (Wildman–Crippen LogP) is 3.65. The van der Waals surface area contributed by atoms with Crippen LogP contribution in [-0.2, 0) is 9.59 Å². The van der Waals surface area contributed by atoms with Gasteiger partial charge in [-0.15, -0.1) is 0 Å². The van der Waals surface area contributed by atoms with Crippen LogP contribution in [-0.4, -0.2) is 29.1 Å². The second-order valence-corrected chi connectivity index (χ2v) is 7.20. The number of phenolic OH excluding ortho intramolecular Hbond substituents is 1. The Labute approximate surface area is 173 Å². The van der Waals surface area contributed by atoms with E-state index >= 15 is 0 Å². The molecule has 1 fully saturated rings. The molecule has 0 saturated carbocycles. The van der Waals surface area contributed by atoms with Gasteiger partial charge in [-0.3, -0.25) is 19.8 Å². The highest BCUT2D eigenvalue weighted by molar-refractivity contribution is 9.10. The number of phenols is 1. The van der Waals surface area contributed by atoms with Gasteiger partial charge in [0.2, 0.25) is 0 Å². The lowest BCUT2D eigenvalue weighted by atomic mass is 10.1. The third-order valence-corrected chi connectivity index (χ3v) is 4.87. The van der Waals surface area contributed by atoms with Gasteiger partial charge in [0.15, 0.2) is 16.6 Å². The third kappa shape index (κ3) is 3.83. The number of amides is 2. The first kappa shape index (κ1) is 19.3. The number of methoxy groups -OCH3 is 1. The van der Waals surface area contributed by atoms with E-state index in [-0.39, 0.29) is 27.2 Å². The molecule has 27 heavy (non-hydrogen) atoms. The van der Waals surface area contributed by atoms with Gasteiger partial charge in [-0.05, 0) is 60.3 Å². The lowest BCUT2D eigenvalue weighted by Crippen LogP contribution is -2.54. The highest BCUT2D eigenvalue weighted by atomic mass is 79.9. The number of anilines is 1. The molecule has 2 N–H and O–H groups in total. The SMILES string of the molecule is COc1cc(C=C2C(=O)NC(=S)N(c3ccc(Br)cc3)C2=O)cc(Cl)c1O. The van der Waals surface area contributed by atoms with E-state index in [4.69, 9.17) is 28.6 Å². The van der Waals surface area contributed by atoms with Gasteiger partial charge in [0, 0.05) is 4.47 Å². The summed E-state index contributed by atoms with van der Waals surface area (Å²) >= 11 is 14.5. The Balaban J connectivity index is 2.04. The lowest BCUT2D eigenvalue weighted by Gasteiger charge is -2.29. The van der Waals surface area contributed by atoms with E-state index in [1.165, 1.54) is 30.2 Å². The van der Waals surface area contributed by atoms with Crippen LogP contribution in [0.3, 0.4) is 0 Å². The molecule has 0 radical (unpaired) electrons. The Hall–Kier alpha value is -2.42. The summed E-state index contributed by atoms with van der Waals surface area (Å²) < 4.78 is 5.88. The maximum atomic E-state index is 12.9. The van der Waals surface area contributed by atoms with Crippen molar-refractivity contribution in [3.63, 3.8) is 0 Å². The first-order valence-electron chi connectivity index (χ1n) is 7.55. The molecule has 2 amide bonds. The van der Waals surface area contributed by atoms with Crippen molar-refractivity contribution in [3.8, 4) is 11.5 Å². The highest BCUT2D eigenvalue weighted by Crippen LogP contribution is 2.36. The van der Waals surface area contributed by atoms with Crippen molar-refractivity contribution < 1.29 is 19.4 Å². The van der Waals surface area contributed by atoms with Crippen LogP contribution >= 0.6 is 39.7 Å². The van der Waals surface area contributed by atoms with E-state index in [2.05, 4.69) is 21.2 Å². The number of rotatable bonds is 3. The summed E-state index contributed by atoms with van der Waals surface area (Å²) in [5.74, 6) is -1.30. The molecule has 138 valence electrons. The van der Waals surface area contributed by atoms with E-state index in [1.807, 2.05) is 0 Å². The number of nitrogens with one attached hydrogen (secondary N) is 1. The lowest BCUT2D eigenvalue weighted by molar-refractivity contribution is -0.122. The van der Waals surface area contributed by atoms with Crippen LogP contribution in [0.2, 0.25) is 5.02 Å². The zero-order valence-corrected chi connectivity index (χ0v) is 17.0. The van der Waals surface area contributed by atoms with Crippen molar-refractivity contribution in [3.05, 3.63) is 57.0 Å². The van der Waals surface area contributed by atoms with Crippen molar-refractivity contribution in [2.24, 2.45) is 0 Å². The van der Waals surface area contributed by atoms with Crippen molar-refractivity contribution in [2.45, 2.75) is 0 Å². The molecule has 1 saturated heterocycles. The number of hydrogen-bond acceptors (Lipinski definition) is 5. The average Bonchev–Trinajstić information content (AvgIpc) is 2.62. The first-order valence-corrected chi connectivity index (χ1v) is 9.13. The van der Waals surface area contributed by atoms with Crippen LogP contribution < -0.4 is 15.0 Å². The van der Waals surface area contributed by atoms with Crippen molar-refractivity contribution in [1.82, 2.24) is 5.32 Å². The minimum absolute atomic E-state index is 0.00853. The topological polar surface area (TPSA) is 78.9 Å². The van der Waals surface area contributed by atoms with Gasteiger partial charge >= 0.3 is 0 Å². The molecule has 0 bridgehead atoms. The van der Waals surface area contributed by atoms with E-state index in [9.17, 15) is 14.7 Å². The van der Waals surface area contributed by atoms with Gasteiger partial charge in [-0.1, -0.05) is 27.5 Å². The van der Waals surface area contributed by atoms with Crippen molar-refractivity contribution >= 4 is 68.4 Å². The maximum Gasteiger partial charge on any atom is 0.270 e. The summed E-state index contributed by atoms with van der Waals surface area (Å²) in [6.07, 6.45) is 1.36. The Bertz CT molecular complexity index is 992. The van der Waals surface area contributed by atoms with Crippen molar-refractivity contribution in [1.29, 1.82) is 0 Å². The number of carbonyl (C=O) groups excluding carboxylic acids is 2. The van der Waals surface area contributed by atoms with Crippen LogP contribution in [0.1, 0.15) is 5.56 Å². The van der Waals surface area contributed by atoms with Crippen LogP contribution in [0, 0.1) is 0 Å². The van der Waals surface area contributed by atoms with Gasteiger partial charge in [-0.25, -0.2) is 0 Å². The van der Waals surface area contributed by atoms with Gasteiger partial charge in [0.25, 0.3) is 11.8 Å². The van der Waals surface area contributed by atoms with Crippen LogP contribution in [0.4, 0.5) is 5.69 Å². The first-order chi connectivity index (χ1) is 12.8. The maximum absolute atomic E-state index is 12.9. The molecule has 0 spiro atoms. The molecule has 0 unspecified atom stereocenters. The molecule has 3 rings (SSSR count). The number of halogens is 2. The van der Waals surface area contributed by atoms with Crippen LogP contribution in [0.25, 0.3) is 6.08 Å². The smallest absolute Gasteiger partial charge is 0.270 e. The molecule has 2 aromatic carbocycles. The monoisotopic (exact) mass is 466 g/mol. The molecule has 0 aromatic heterocycles. The van der Waals surface area contributed by atoms with Gasteiger partial charge in [0.05, 0.1) is 17.8 Å². The number of hydrogen-bond donors (Lipinski definition) is 2. The Morgan fingerprint density at radius 1 is 1.26 bits per heavy atom. The second-order valence-electron chi connectivity index (χ2n) is 5.49. The van der Waals surface area contributed by atoms with E-state index < -0.39 is 11.8 Å². The number of benzene rings is 2. The number of aromatic hydroxyl groups is 1. The summed E-state index contributed by atoms with van der Waals surface area (Å²) in [5, 5.41) is 12.4. The second kappa shape index (κ2) is 7.67. The highest BCUT2D eigenvalue weighted by Gasteiger charge is 2.34. The van der Waals surface area contributed by atoms with E-state index in [0.29, 0.717) is 11.3 Å². The summed E-state index contributed by atoms with van der Waals surface area (Å²) in [6.45, 7) is 0. The fraction of sp³-hybridized carbons (Fsp3) is 0.0556. The minimum atomic E-state index is -0.624. The molecule has 6 nitrogen and oxygen atoms in total. The van der Waals surface area contributed by atoms with E-state index in [1.54, 1.807) is 24.3 Å². The molecule has 1 aliphatic heterocycles. The van der Waals surface area contributed by atoms with Crippen molar-refractivity contribution in [2.75, 3.05) is 12.0 Å². The molecule has 0 aliphatic carbocycles. The molecule has 1 heterocycles. The Morgan fingerprint density at radius 3 is 2.56 bits per heavy atom. The molecule has 2 aromatic rings. The fourth-order valence-electron chi connectivity index (χ4n) is 2.48. The Kier molecular flexibility index (Phi) is 5.50. The zero-order valence-electron chi connectivity index (χ0n) is 13.8. The van der Waals surface area contributed by atoms with Gasteiger partial charge in [-0.2, -0.15) is 0 Å². The van der Waals surface area contributed by atoms with Crippen LogP contribution in [0.5, 0.6) is 11.5 Å². The van der Waals surface area contributed by atoms with Crippen LogP contribution in [0.15, 0.2) is 46.4 Å². The molecule has 0 atom stereocenters. The zero-order chi connectivity index (χ0) is 19.7. The fourth-order valence-corrected chi connectivity index (χ4v) is 3.25. The predicted molar refractivity (Wildman–Crippen MR) is 110 cm³/mol. The Morgan fingerprint density at radius 2 is 1.93 bits per heavy atom. The summed E-state index contributed by atoms with van der Waals surface area (Å²) in [7, 11) is 1.37. The van der Waals surface area contributed by atoms with Gasteiger partial charge < -0.3 is 9.84 Å². The minimum Gasteiger partial charge on any atom is -0.503 e. The quantitative estimate of drug-likeness (QED) is 0.409. The number of ether oxygens (including phenoxy) is 1.